The molecule has 21 heavy (non-hydrogen) atoms. The topological polar surface area (TPSA) is 59.4 Å². The van der Waals surface area contributed by atoms with Crippen LogP contribution in [0.1, 0.15) is 16.1 Å². The summed E-state index contributed by atoms with van der Waals surface area (Å²) in [5, 5.41) is 8.97. The summed E-state index contributed by atoms with van der Waals surface area (Å²) in [6.45, 7) is 0. The molecule has 110 valence electrons. The number of aromatic nitrogens is 1. The van der Waals surface area contributed by atoms with Gasteiger partial charge in [-0.15, -0.1) is 0 Å². The fourth-order valence-corrected chi connectivity index (χ4v) is 1.72. The van der Waals surface area contributed by atoms with E-state index in [1.165, 1.54) is 12.1 Å². The lowest BCUT2D eigenvalue weighted by Crippen LogP contribution is -2.11. The third kappa shape index (κ3) is 3.72. The maximum absolute atomic E-state index is 12.6. The van der Waals surface area contributed by atoms with Crippen LogP contribution in [0.15, 0.2) is 40.9 Å². The molecule has 0 amide bonds. The Labute approximate surface area is 125 Å². The van der Waals surface area contributed by atoms with Crippen molar-refractivity contribution >= 4 is 21.9 Å². The third-order valence-electron chi connectivity index (χ3n) is 2.41. The molecule has 0 bridgehead atoms. The standard InChI is InChI=1S/C13H7BrF3NO3/c14-7-1-3-8(4-2-7)21-11-9(12(19)20)5-6-10(18-11)13(15,16)17/h1-6H,(H,19,20). The number of ether oxygens (including phenoxy) is 1. The highest BCUT2D eigenvalue weighted by Gasteiger charge is 2.34. The molecule has 0 radical (unpaired) electrons. The van der Waals surface area contributed by atoms with Crippen LogP contribution in [0.5, 0.6) is 11.6 Å². The number of carbonyl (C=O) groups is 1. The lowest BCUT2D eigenvalue weighted by molar-refractivity contribution is -0.141. The van der Waals surface area contributed by atoms with Crippen LogP contribution in [-0.4, -0.2) is 16.1 Å². The van der Waals surface area contributed by atoms with Gasteiger partial charge in [0.25, 0.3) is 0 Å². The average molecular weight is 362 g/mol. The van der Waals surface area contributed by atoms with E-state index in [0.29, 0.717) is 6.07 Å². The Morgan fingerprint density at radius 2 is 1.76 bits per heavy atom. The fraction of sp³-hybridized carbons (Fsp3) is 0.0769. The van der Waals surface area contributed by atoms with Crippen LogP contribution < -0.4 is 4.74 Å². The van der Waals surface area contributed by atoms with Crippen LogP contribution in [0.4, 0.5) is 13.2 Å². The molecule has 0 unspecified atom stereocenters. The van der Waals surface area contributed by atoms with Crippen LogP contribution in [0.25, 0.3) is 0 Å². The zero-order valence-corrected chi connectivity index (χ0v) is 11.8. The van der Waals surface area contributed by atoms with Gasteiger partial charge in [0, 0.05) is 4.47 Å². The zero-order valence-electron chi connectivity index (χ0n) is 10.2. The van der Waals surface area contributed by atoms with Crippen molar-refractivity contribution in [1.82, 2.24) is 4.98 Å². The molecule has 0 fully saturated rings. The summed E-state index contributed by atoms with van der Waals surface area (Å²) < 4.78 is 43.8. The van der Waals surface area contributed by atoms with Crippen LogP contribution in [0, 0.1) is 0 Å². The second-order valence-corrected chi connectivity index (χ2v) is 4.82. The third-order valence-corrected chi connectivity index (χ3v) is 2.94. The number of hydrogen-bond donors (Lipinski definition) is 1. The van der Waals surface area contributed by atoms with E-state index >= 15 is 0 Å². The van der Waals surface area contributed by atoms with Crippen LogP contribution in [-0.2, 0) is 6.18 Å². The molecule has 0 spiro atoms. The Kier molecular flexibility index (Phi) is 4.17. The predicted molar refractivity (Wildman–Crippen MR) is 70.4 cm³/mol. The van der Waals surface area contributed by atoms with E-state index in [2.05, 4.69) is 20.9 Å². The van der Waals surface area contributed by atoms with Gasteiger partial charge in [-0.2, -0.15) is 13.2 Å². The predicted octanol–water partition coefficient (Wildman–Crippen LogP) is 4.35. The number of carboxylic acids is 1. The first-order valence-corrected chi connectivity index (χ1v) is 6.31. The second kappa shape index (κ2) is 5.72. The van der Waals surface area contributed by atoms with E-state index in [0.717, 1.165) is 10.5 Å². The summed E-state index contributed by atoms with van der Waals surface area (Å²) in [6, 6.07) is 7.55. The number of pyridine rings is 1. The first-order chi connectivity index (χ1) is 9.77. The van der Waals surface area contributed by atoms with Crippen LogP contribution in [0.2, 0.25) is 0 Å². The molecular formula is C13H7BrF3NO3. The smallest absolute Gasteiger partial charge is 0.433 e. The van der Waals surface area contributed by atoms with E-state index < -0.39 is 29.3 Å². The molecule has 8 heteroatoms. The second-order valence-electron chi connectivity index (χ2n) is 3.91. The largest absolute Gasteiger partial charge is 0.477 e. The number of halogens is 4. The summed E-state index contributed by atoms with van der Waals surface area (Å²) in [5.74, 6) is -1.87. The highest BCUT2D eigenvalue weighted by atomic mass is 79.9. The molecule has 0 saturated carbocycles. The monoisotopic (exact) mass is 361 g/mol. The Morgan fingerprint density at radius 1 is 1.14 bits per heavy atom. The van der Waals surface area contributed by atoms with E-state index in [-0.39, 0.29) is 5.75 Å². The van der Waals surface area contributed by atoms with Gasteiger partial charge in [0.1, 0.15) is 17.0 Å². The van der Waals surface area contributed by atoms with Crippen molar-refractivity contribution < 1.29 is 27.8 Å². The number of benzene rings is 1. The Morgan fingerprint density at radius 3 is 2.29 bits per heavy atom. The number of carboxylic acid groups (broad SMARTS) is 1. The van der Waals surface area contributed by atoms with Gasteiger partial charge in [0.05, 0.1) is 0 Å². The summed E-state index contributed by atoms with van der Waals surface area (Å²) in [4.78, 5) is 14.3. The van der Waals surface area contributed by atoms with Crippen molar-refractivity contribution in [3.8, 4) is 11.6 Å². The highest BCUT2D eigenvalue weighted by Crippen LogP contribution is 2.32. The first-order valence-electron chi connectivity index (χ1n) is 5.52. The van der Waals surface area contributed by atoms with Crippen molar-refractivity contribution in [3.05, 3.63) is 52.1 Å². The van der Waals surface area contributed by atoms with Gasteiger partial charge in [0.2, 0.25) is 5.88 Å². The number of nitrogens with zero attached hydrogens (tertiary/aromatic N) is 1. The van der Waals surface area contributed by atoms with Crippen molar-refractivity contribution in [2.24, 2.45) is 0 Å². The van der Waals surface area contributed by atoms with E-state index in [4.69, 9.17) is 9.84 Å². The minimum atomic E-state index is -4.69. The van der Waals surface area contributed by atoms with E-state index in [1.807, 2.05) is 0 Å². The number of hydrogen-bond acceptors (Lipinski definition) is 3. The van der Waals surface area contributed by atoms with Gasteiger partial charge in [-0.1, -0.05) is 15.9 Å². The van der Waals surface area contributed by atoms with Crippen molar-refractivity contribution in [2.75, 3.05) is 0 Å². The molecule has 0 aliphatic heterocycles. The maximum Gasteiger partial charge on any atom is 0.433 e. The van der Waals surface area contributed by atoms with Crippen molar-refractivity contribution in [3.63, 3.8) is 0 Å². The van der Waals surface area contributed by atoms with E-state index in [1.54, 1.807) is 12.1 Å². The van der Waals surface area contributed by atoms with Crippen molar-refractivity contribution in [1.29, 1.82) is 0 Å². The normalized spacial score (nSPS) is 11.2. The minimum Gasteiger partial charge on any atom is -0.477 e. The van der Waals surface area contributed by atoms with Gasteiger partial charge in [-0.05, 0) is 36.4 Å². The molecule has 0 aliphatic rings. The molecule has 0 atom stereocenters. The zero-order chi connectivity index (χ0) is 15.6. The van der Waals surface area contributed by atoms with E-state index in [9.17, 15) is 18.0 Å². The van der Waals surface area contributed by atoms with Gasteiger partial charge in [-0.25, -0.2) is 9.78 Å². The Hall–Kier alpha value is -2.09. The molecule has 2 aromatic rings. The Balaban J connectivity index is 2.43. The van der Waals surface area contributed by atoms with Gasteiger partial charge in [0.15, 0.2) is 0 Å². The quantitative estimate of drug-likeness (QED) is 0.882. The van der Waals surface area contributed by atoms with Gasteiger partial charge < -0.3 is 9.84 Å². The lowest BCUT2D eigenvalue weighted by atomic mass is 10.2. The SMILES string of the molecule is O=C(O)c1ccc(C(F)(F)F)nc1Oc1ccc(Br)cc1. The molecule has 1 aromatic heterocycles. The summed E-state index contributed by atoms with van der Waals surface area (Å²) in [7, 11) is 0. The summed E-state index contributed by atoms with van der Waals surface area (Å²) in [5.41, 5.74) is -1.68. The van der Waals surface area contributed by atoms with Crippen molar-refractivity contribution in [2.45, 2.75) is 6.18 Å². The number of rotatable bonds is 3. The fourth-order valence-electron chi connectivity index (χ4n) is 1.45. The Bertz CT molecular complexity index is 671. The lowest BCUT2D eigenvalue weighted by Gasteiger charge is -2.11. The molecule has 1 heterocycles. The van der Waals surface area contributed by atoms with Gasteiger partial charge in [-0.3, -0.25) is 0 Å². The summed E-state index contributed by atoms with van der Waals surface area (Å²) in [6.07, 6.45) is -4.69. The minimum absolute atomic E-state index is 0.174. The highest BCUT2D eigenvalue weighted by molar-refractivity contribution is 9.10. The molecule has 0 aliphatic carbocycles. The average Bonchev–Trinajstić information content (AvgIpc) is 2.40. The first kappa shape index (κ1) is 15.3. The number of alkyl halides is 3. The molecule has 2 rings (SSSR count). The summed E-state index contributed by atoms with van der Waals surface area (Å²) >= 11 is 3.19. The van der Waals surface area contributed by atoms with Gasteiger partial charge >= 0.3 is 12.1 Å². The molecule has 4 nitrogen and oxygen atoms in total. The van der Waals surface area contributed by atoms with Crippen LogP contribution >= 0.6 is 15.9 Å². The molecule has 0 saturated heterocycles. The molecular weight excluding hydrogens is 355 g/mol. The maximum atomic E-state index is 12.6. The van der Waals surface area contributed by atoms with Crippen LogP contribution in [0.3, 0.4) is 0 Å². The molecule has 1 aromatic carbocycles. The number of aromatic carboxylic acids is 1. The molecule has 1 N–H and O–H groups in total.